The predicted molar refractivity (Wildman–Crippen MR) is 176 cm³/mol. The van der Waals surface area contributed by atoms with Gasteiger partial charge in [0, 0.05) is 17.2 Å². The van der Waals surface area contributed by atoms with Crippen LogP contribution in [-0.4, -0.2) is 66.6 Å². The van der Waals surface area contributed by atoms with Crippen molar-refractivity contribution in [2.24, 2.45) is 0 Å². The Hall–Kier alpha value is -1.40. The highest BCUT2D eigenvalue weighted by atomic mass is 28.5. The fraction of sp³-hybridized carbons (Fsp3) is 0.556. The molecule has 0 heterocycles. The maximum Gasteiger partial charge on any atom is 0.470 e. The van der Waals surface area contributed by atoms with Crippen molar-refractivity contribution in [2.75, 3.05) is 12.8 Å². The maximum atomic E-state index is 11.7. The van der Waals surface area contributed by atoms with E-state index in [1.807, 2.05) is 17.1 Å². The molecule has 0 bridgehead atoms. The number of esters is 2. The Kier molecular flexibility index (Phi) is 17.1. The van der Waals surface area contributed by atoms with Crippen LogP contribution in [-0.2, 0) is 31.4 Å². The van der Waals surface area contributed by atoms with Crippen LogP contribution in [0.2, 0.25) is 65.0 Å². The standard InChI is InChI=1S/C19H38O5Si4.C8H16O2Si/c1-12-25(6,7)22-28(23-26(8,9)13-2,24-27(10,11)14-3)17-15-16-21-19(20)18(4)5;1-7(2)8(9)10-6-11(3,4)5/h12-14H,1-4,15-17H2,5-11H3;1,6H2,2-5H3. The van der Waals surface area contributed by atoms with E-state index in [0.29, 0.717) is 29.8 Å². The first kappa shape index (κ1) is 39.7. The molecule has 0 rings (SSSR count). The van der Waals surface area contributed by atoms with E-state index in [2.05, 4.69) is 91.8 Å². The highest BCUT2D eigenvalue weighted by Crippen LogP contribution is 2.30. The highest BCUT2D eigenvalue weighted by Gasteiger charge is 2.50. The van der Waals surface area contributed by atoms with Crippen LogP contribution in [0.1, 0.15) is 20.3 Å². The second-order valence-electron chi connectivity index (χ2n) is 12.3. The SMILES string of the molecule is C=C(C)C(=O)OC[Si](C)(C)C.C=C[Si](C)(C)O[Si](CCCOC(=O)C(=C)C)(O[Si](C)(C)C=C)O[Si](C)(C)C=C. The molecule has 224 valence electrons. The van der Waals surface area contributed by atoms with Gasteiger partial charge in [-0.2, -0.15) is 0 Å². The number of hydrogen-bond acceptors (Lipinski definition) is 7. The molecule has 0 aromatic rings. The van der Waals surface area contributed by atoms with Crippen LogP contribution in [0.25, 0.3) is 0 Å². The van der Waals surface area contributed by atoms with Gasteiger partial charge in [-0.15, -0.1) is 19.7 Å². The van der Waals surface area contributed by atoms with Crippen LogP contribution in [0.15, 0.2) is 61.1 Å². The van der Waals surface area contributed by atoms with Gasteiger partial charge in [0.15, 0.2) is 0 Å². The molecule has 0 atom stereocenters. The van der Waals surface area contributed by atoms with E-state index in [9.17, 15) is 9.59 Å². The molecular formula is C27H54O7Si5. The van der Waals surface area contributed by atoms with E-state index in [0.717, 1.165) is 0 Å². The molecule has 0 saturated heterocycles. The fourth-order valence-electron chi connectivity index (χ4n) is 2.52. The zero-order chi connectivity index (χ0) is 31.3. The molecule has 0 amide bonds. The van der Waals surface area contributed by atoms with Crippen LogP contribution in [0, 0.1) is 0 Å². The first-order valence-corrected chi connectivity index (χ1v) is 27.7. The van der Waals surface area contributed by atoms with Gasteiger partial charge in [0.2, 0.25) is 25.0 Å². The summed E-state index contributed by atoms with van der Waals surface area (Å²) >= 11 is 0. The first-order chi connectivity index (χ1) is 17.5. The van der Waals surface area contributed by atoms with E-state index >= 15 is 0 Å². The van der Waals surface area contributed by atoms with Crippen molar-refractivity contribution in [3.8, 4) is 0 Å². The molecule has 0 aromatic carbocycles. The Labute approximate surface area is 243 Å². The Balaban J connectivity index is 0. The predicted octanol–water partition coefficient (Wildman–Crippen LogP) is 7.26. The number of carbonyl (C=O) groups is 2. The van der Waals surface area contributed by atoms with Gasteiger partial charge in [0.1, 0.15) is 0 Å². The lowest BCUT2D eigenvalue weighted by Crippen LogP contribution is -2.61. The summed E-state index contributed by atoms with van der Waals surface area (Å²) in [6.07, 6.45) is 1.16. The third-order valence-corrected chi connectivity index (χ3v) is 19.9. The Morgan fingerprint density at radius 2 is 0.974 bits per heavy atom. The van der Waals surface area contributed by atoms with Gasteiger partial charge < -0.3 is 21.8 Å². The van der Waals surface area contributed by atoms with Gasteiger partial charge >= 0.3 is 20.7 Å². The van der Waals surface area contributed by atoms with Crippen molar-refractivity contribution >= 4 is 53.8 Å². The van der Waals surface area contributed by atoms with Crippen LogP contribution in [0.5, 0.6) is 0 Å². The molecule has 0 aromatic heterocycles. The molecule has 0 aliphatic rings. The molecule has 0 aliphatic carbocycles. The van der Waals surface area contributed by atoms with E-state index in [1.54, 1.807) is 13.8 Å². The van der Waals surface area contributed by atoms with E-state index < -0.39 is 47.8 Å². The summed E-state index contributed by atoms with van der Waals surface area (Å²) in [6, 6.07) is 0.551. The summed E-state index contributed by atoms with van der Waals surface area (Å²) in [5.41, 5.74) is 6.50. The normalized spacial score (nSPS) is 12.4. The Morgan fingerprint density at radius 3 is 1.26 bits per heavy atom. The summed E-state index contributed by atoms with van der Waals surface area (Å²) in [7, 11) is -11.0. The number of hydrogen-bond donors (Lipinski definition) is 0. The van der Waals surface area contributed by atoms with Crippen LogP contribution < -0.4 is 0 Å². The smallest absolute Gasteiger partial charge is 0.466 e. The number of ether oxygens (including phenoxy) is 2. The molecule has 0 unspecified atom stereocenters. The second-order valence-corrected chi connectivity index (χ2v) is 32.9. The molecule has 0 radical (unpaired) electrons. The van der Waals surface area contributed by atoms with E-state index in [-0.39, 0.29) is 12.6 Å². The molecule has 0 N–H and O–H groups in total. The summed E-state index contributed by atoms with van der Waals surface area (Å²) in [4.78, 5) is 22.6. The van der Waals surface area contributed by atoms with Crippen molar-refractivity contribution in [1.82, 2.24) is 0 Å². The molecular weight excluding hydrogens is 577 g/mol. The Morgan fingerprint density at radius 1 is 0.641 bits per heavy atom. The summed E-state index contributed by atoms with van der Waals surface area (Å²) in [5, 5.41) is 0. The van der Waals surface area contributed by atoms with Gasteiger partial charge in [-0.25, -0.2) is 9.59 Å². The molecule has 0 saturated carbocycles. The van der Waals surface area contributed by atoms with Gasteiger partial charge in [-0.05, 0) is 59.6 Å². The third-order valence-electron chi connectivity index (χ3n) is 4.92. The monoisotopic (exact) mass is 630 g/mol. The highest BCUT2D eigenvalue weighted by molar-refractivity contribution is 6.93. The van der Waals surface area contributed by atoms with Crippen molar-refractivity contribution < 1.29 is 31.4 Å². The topological polar surface area (TPSA) is 80.3 Å². The van der Waals surface area contributed by atoms with Crippen molar-refractivity contribution in [2.45, 2.75) is 85.2 Å². The largest absolute Gasteiger partial charge is 0.470 e. The molecule has 0 spiro atoms. The van der Waals surface area contributed by atoms with Crippen molar-refractivity contribution in [3.63, 3.8) is 0 Å². The van der Waals surface area contributed by atoms with Crippen molar-refractivity contribution in [1.29, 1.82) is 0 Å². The molecule has 7 nitrogen and oxygen atoms in total. The minimum atomic E-state index is -3.11. The van der Waals surface area contributed by atoms with Gasteiger partial charge in [-0.1, -0.05) is 49.9 Å². The molecule has 39 heavy (non-hydrogen) atoms. The van der Waals surface area contributed by atoms with Gasteiger partial charge in [0.25, 0.3) is 0 Å². The van der Waals surface area contributed by atoms with Crippen LogP contribution in [0.4, 0.5) is 0 Å². The molecule has 0 aliphatic heterocycles. The van der Waals surface area contributed by atoms with Crippen molar-refractivity contribution in [3.05, 3.63) is 61.1 Å². The Bertz CT molecular complexity index is 834. The fourth-order valence-corrected chi connectivity index (χ4v) is 17.1. The summed E-state index contributed by atoms with van der Waals surface area (Å²) in [6.45, 7) is 41.3. The number of carbonyl (C=O) groups excluding carboxylic acids is 2. The second kappa shape index (κ2) is 16.8. The number of rotatable bonds is 17. The average Bonchev–Trinajstić information content (AvgIpc) is 2.79. The minimum Gasteiger partial charge on any atom is -0.466 e. The van der Waals surface area contributed by atoms with Crippen LogP contribution in [0.3, 0.4) is 0 Å². The van der Waals surface area contributed by atoms with Crippen LogP contribution >= 0.6 is 0 Å². The maximum absolute atomic E-state index is 11.7. The lowest BCUT2D eigenvalue weighted by molar-refractivity contribution is -0.139. The van der Waals surface area contributed by atoms with Gasteiger partial charge in [-0.3, -0.25) is 0 Å². The summed E-state index contributed by atoms with van der Waals surface area (Å²) < 4.78 is 30.2. The van der Waals surface area contributed by atoms with Gasteiger partial charge in [0.05, 0.1) is 20.9 Å². The quantitative estimate of drug-likeness (QED) is 0.0724. The first-order valence-electron chi connectivity index (χ1n) is 13.1. The lowest BCUT2D eigenvalue weighted by Gasteiger charge is -2.43. The minimum absolute atomic E-state index is 0.263. The zero-order valence-electron chi connectivity index (χ0n) is 26.5. The zero-order valence-corrected chi connectivity index (χ0v) is 31.5. The average molecular weight is 631 g/mol. The van der Waals surface area contributed by atoms with E-state index in [1.165, 1.54) is 0 Å². The molecule has 0 fully saturated rings. The van der Waals surface area contributed by atoms with E-state index in [4.69, 9.17) is 21.8 Å². The lowest BCUT2D eigenvalue weighted by atomic mass is 10.4. The third kappa shape index (κ3) is 19.3. The molecule has 12 heteroatoms. The summed E-state index contributed by atoms with van der Waals surface area (Å²) in [5.74, 6) is -0.662.